The van der Waals surface area contributed by atoms with Crippen molar-refractivity contribution in [1.82, 2.24) is 10.2 Å². The molecule has 0 aliphatic carbocycles. The van der Waals surface area contributed by atoms with Crippen LogP contribution in [-0.4, -0.2) is 28.8 Å². The van der Waals surface area contributed by atoms with Crippen LogP contribution in [0.3, 0.4) is 0 Å². The molecule has 1 N–H and O–H groups in total. The van der Waals surface area contributed by atoms with Crippen LogP contribution in [0.5, 0.6) is 0 Å². The van der Waals surface area contributed by atoms with Crippen LogP contribution < -0.4 is 5.32 Å². The fraction of sp³-hybridized carbons (Fsp3) is 0.333. The second kappa shape index (κ2) is 12.2. The summed E-state index contributed by atoms with van der Waals surface area (Å²) in [6, 6.07) is 27.8. The average molecular weight is 457 g/mol. The van der Waals surface area contributed by atoms with E-state index in [0.29, 0.717) is 13.0 Å². The Kier molecular flexibility index (Phi) is 9.03. The third kappa shape index (κ3) is 6.57. The summed E-state index contributed by atoms with van der Waals surface area (Å²) < 4.78 is 0. The lowest BCUT2D eigenvalue weighted by molar-refractivity contribution is -0.141. The van der Waals surface area contributed by atoms with E-state index in [1.165, 1.54) is 0 Å². The van der Waals surface area contributed by atoms with E-state index in [2.05, 4.69) is 29.6 Å². The zero-order valence-corrected chi connectivity index (χ0v) is 20.7. The number of aryl methyl sites for hydroxylation is 1. The maximum atomic E-state index is 13.9. The molecule has 0 saturated carbocycles. The molecule has 0 fully saturated rings. The van der Waals surface area contributed by atoms with E-state index in [-0.39, 0.29) is 23.8 Å². The van der Waals surface area contributed by atoms with E-state index in [1.54, 1.807) is 4.90 Å². The third-order valence-electron chi connectivity index (χ3n) is 6.55. The molecule has 0 bridgehead atoms. The fourth-order valence-corrected chi connectivity index (χ4v) is 4.11. The minimum absolute atomic E-state index is 0.0345. The van der Waals surface area contributed by atoms with E-state index in [9.17, 15) is 9.59 Å². The molecule has 0 radical (unpaired) electrons. The van der Waals surface area contributed by atoms with Gasteiger partial charge in [-0.15, -0.1) is 0 Å². The molecule has 34 heavy (non-hydrogen) atoms. The van der Waals surface area contributed by atoms with E-state index >= 15 is 0 Å². The normalized spacial score (nSPS) is 12.7. The molecule has 0 aliphatic rings. The number of nitrogens with zero attached hydrogens (tertiary/aromatic N) is 1. The minimum Gasteiger partial charge on any atom is -0.352 e. The molecule has 3 aromatic carbocycles. The van der Waals surface area contributed by atoms with Crippen molar-refractivity contribution in [2.75, 3.05) is 0 Å². The Labute approximate surface area is 204 Å². The third-order valence-corrected chi connectivity index (χ3v) is 6.55. The summed E-state index contributed by atoms with van der Waals surface area (Å²) in [5.74, 6) is -0.237. The highest BCUT2D eigenvalue weighted by Crippen LogP contribution is 2.29. The zero-order chi connectivity index (χ0) is 24.5. The van der Waals surface area contributed by atoms with Gasteiger partial charge in [-0.05, 0) is 49.4 Å². The van der Waals surface area contributed by atoms with Gasteiger partial charge in [0.1, 0.15) is 6.04 Å². The van der Waals surface area contributed by atoms with Crippen molar-refractivity contribution in [3.63, 3.8) is 0 Å². The van der Waals surface area contributed by atoms with Gasteiger partial charge in [0.25, 0.3) is 0 Å². The molecule has 3 aromatic rings. The number of carbonyl (C=O) groups is 2. The van der Waals surface area contributed by atoms with Gasteiger partial charge in [-0.2, -0.15) is 0 Å². The van der Waals surface area contributed by atoms with Gasteiger partial charge >= 0.3 is 0 Å². The number of amides is 2. The largest absolute Gasteiger partial charge is 0.352 e. The number of benzene rings is 3. The smallest absolute Gasteiger partial charge is 0.242 e. The first-order chi connectivity index (χ1) is 16.4. The Bertz CT molecular complexity index is 1030. The summed E-state index contributed by atoms with van der Waals surface area (Å²) in [5.41, 5.74) is 4.34. The van der Waals surface area contributed by atoms with Crippen molar-refractivity contribution < 1.29 is 9.59 Å². The molecule has 0 aliphatic heterocycles. The minimum atomic E-state index is -0.576. The van der Waals surface area contributed by atoms with Crippen molar-refractivity contribution in [2.24, 2.45) is 0 Å². The molecule has 0 saturated heterocycles. The summed E-state index contributed by atoms with van der Waals surface area (Å²) in [7, 11) is 0. The lowest BCUT2D eigenvalue weighted by atomic mass is 9.88. The monoisotopic (exact) mass is 456 g/mol. The van der Waals surface area contributed by atoms with Crippen LogP contribution in [0.2, 0.25) is 0 Å². The molecule has 4 heteroatoms. The quantitative estimate of drug-likeness (QED) is 0.416. The highest BCUT2D eigenvalue weighted by Gasteiger charge is 2.29. The van der Waals surface area contributed by atoms with Gasteiger partial charge in [-0.25, -0.2) is 0 Å². The first-order valence-corrected chi connectivity index (χ1v) is 12.1. The Hall–Kier alpha value is -3.40. The summed E-state index contributed by atoms with van der Waals surface area (Å²) in [5, 5.41) is 3.05. The Balaban J connectivity index is 1.92. The van der Waals surface area contributed by atoms with Gasteiger partial charge in [-0.1, -0.05) is 91.9 Å². The zero-order valence-electron chi connectivity index (χ0n) is 20.7. The second-order valence-electron chi connectivity index (χ2n) is 9.02. The van der Waals surface area contributed by atoms with Crippen molar-refractivity contribution in [3.05, 3.63) is 107 Å². The van der Waals surface area contributed by atoms with E-state index in [0.717, 1.165) is 28.7 Å². The molecule has 0 unspecified atom stereocenters. The predicted octanol–water partition coefficient (Wildman–Crippen LogP) is 5.85. The molecule has 4 nitrogen and oxygen atoms in total. The number of carbonyl (C=O) groups excluding carboxylic acids is 2. The van der Waals surface area contributed by atoms with E-state index < -0.39 is 6.04 Å². The maximum Gasteiger partial charge on any atom is 0.242 e. The lowest BCUT2D eigenvalue weighted by Gasteiger charge is -2.31. The van der Waals surface area contributed by atoms with Gasteiger partial charge in [-0.3, -0.25) is 9.59 Å². The molecular weight excluding hydrogens is 420 g/mol. The number of hydrogen-bond acceptors (Lipinski definition) is 2. The van der Waals surface area contributed by atoms with Crippen LogP contribution in [0.25, 0.3) is 0 Å². The maximum absolute atomic E-state index is 13.9. The predicted molar refractivity (Wildman–Crippen MR) is 138 cm³/mol. The average Bonchev–Trinajstić information content (AvgIpc) is 2.87. The van der Waals surface area contributed by atoms with Crippen molar-refractivity contribution in [1.29, 1.82) is 0 Å². The molecule has 178 valence electrons. The molecule has 0 spiro atoms. The number of rotatable bonds is 10. The van der Waals surface area contributed by atoms with Crippen molar-refractivity contribution >= 4 is 11.8 Å². The topological polar surface area (TPSA) is 49.4 Å². The number of nitrogens with one attached hydrogen (secondary N) is 1. The molecular formula is C30H36N2O2. The number of hydrogen-bond donors (Lipinski definition) is 1. The highest BCUT2D eigenvalue weighted by molar-refractivity contribution is 5.88. The lowest BCUT2D eigenvalue weighted by Crippen LogP contribution is -2.49. The Morgan fingerprint density at radius 2 is 1.35 bits per heavy atom. The van der Waals surface area contributed by atoms with Crippen molar-refractivity contribution in [3.8, 4) is 0 Å². The van der Waals surface area contributed by atoms with Crippen molar-refractivity contribution in [2.45, 2.75) is 65.1 Å². The Morgan fingerprint density at radius 1 is 0.824 bits per heavy atom. The van der Waals surface area contributed by atoms with Crippen LogP contribution in [0.4, 0.5) is 0 Å². The van der Waals surface area contributed by atoms with Gasteiger partial charge in [0.05, 0.1) is 0 Å². The van der Waals surface area contributed by atoms with Crippen LogP contribution in [0.15, 0.2) is 84.9 Å². The molecule has 3 rings (SSSR count). The molecule has 2 amide bonds. The van der Waals surface area contributed by atoms with Crippen LogP contribution in [0, 0.1) is 6.92 Å². The Morgan fingerprint density at radius 3 is 1.88 bits per heavy atom. The van der Waals surface area contributed by atoms with Crippen LogP contribution >= 0.6 is 0 Å². The van der Waals surface area contributed by atoms with Crippen LogP contribution in [-0.2, 0) is 16.1 Å². The summed E-state index contributed by atoms with van der Waals surface area (Å²) in [6.45, 7) is 8.29. The second-order valence-corrected chi connectivity index (χ2v) is 9.02. The molecule has 0 aromatic heterocycles. The molecule has 2 atom stereocenters. The standard InChI is InChI=1S/C30H36N2O2/c1-5-23(3)31-30(34)24(4)32(21-27-19-13-12-14-22(27)2)29(33)20-28(25-15-8-6-9-16-25)26-17-10-7-11-18-26/h6-19,23-24,28H,5,20-21H2,1-4H3,(H,31,34)/t23-,24-/m1/s1. The first-order valence-electron chi connectivity index (χ1n) is 12.1. The summed E-state index contributed by atoms with van der Waals surface area (Å²) in [4.78, 5) is 28.7. The van der Waals surface area contributed by atoms with Crippen LogP contribution in [0.1, 0.15) is 61.8 Å². The van der Waals surface area contributed by atoms with Gasteiger partial charge in [0.15, 0.2) is 0 Å². The summed E-state index contributed by atoms with van der Waals surface area (Å²) in [6.07, 6.45) is 1.13. The molecule has 0 heterocycles. The fourth-order valence-electron chi connectivity index (χ4n) is 4.11. The SMILES string of the molecule is CC[C@@H](C)NC(=O)[C@@H](C)N(Cc1ccccc1C)C(=O)CC(c1ccccc1)c1ccccc1. The van der Waals surface area contributed by atoms with E-state index in [4.69, 9.17) is 0 Å². The summed E-state index contributed by atoms with van der Waals surface area (Å²) >= 11 is 0. The van der Waals surface area contributed by atoms with Gasteiger partial charge < -0.3 is 10.2 Å². The van der Waals surface area contributed by atoms with Gasteiger partial charge in [0.2, 0.25) is 11.8 Å². The van der Waals surface area contributed by atoms with E-state index in [1.807, 2.05) is 88.4 Å². The first kappa shape index (κ1) is 25.2. The highest BCUT2D eigenvalue weighted by atomic mass is 16.2. The van der Waals surface area contributed by atoms with Gasteiger partial charge in [0, 0.05) is 24.9 Å².